The molecule has 0 radical (unpaired) electrons. The fraction of sp³-hybridized carbons (Fsp3) is 0.143. The largest absolute Gasteiger partial charge is 0.477 e. The quantitative estimate of drug-likeness (QED) is 0.902. The van der Waals surface area contributed by atoms with Crippen molar-refractivity contribution in [2.75, 3.05) is 4.72 Å². The summed E-state index contributed by atoms with van der Waals surface area (Å²) >= 11 is 0. The molecule has 0 saturated carbocycles. The number of carboxylic acid groups (broad SMARTS) is 1. The van der Waals surface area contributed by atoms with E-state index in [4.69, 9.17) is 5.11 Å². The van der Waals surface area contributed by atoms with Gasteiger partial charge in [0.2, 0.25) is 0 Å². The number of carbonyl (C=O) groups is 1. The van der Waals surface area contributed by atoms with Crippen molar-refractivity contribution in [1.82, 2.24) is 4.98 Å². The first-order valence-electron chi connectivity index (χ1n) is 6.09. The Morgan fingerprint density at radius 3 is 2.48 bits per heavy atom. The summed E-state index contributed by atoms with van der Waals surface area (Å²) in [5, 5.41) is 8.85. The molecule has 2 rings (SSSR count). The highest BCUT2D eigenvalue weighted by Crippen LogP contribution is 2.19. The van der Waals surface area contributed by atoms with Gasteiger partial charge in [-0.05, 0) is 49.2 Å². The lowest BCUT2D eigenvalue weighted by Gasteiger charge is -2.10. The number of rotatable bonds is 4. The van der Waals surface area contributed by atoms with Crippen molar-refractivity contribution in [3.8, 4) is 0 Å². The van der Waals surface area contributed by atoms with Crippen LogP contribution in [0.25, 0.3) is 0 Å². The molecule has 2 aromatic rings. The Hall–Kier alpha value is -2.41. The number of nitrogens with one attached hydrogen (secondary N) is 1. The summed E-state index contributed by atoms with van der Waals surface area (Å²) in [6.45, 7) is 3.71. The number of benzene rings is 1. The molecule has 1 aromatic carbocycles. The average Bonchev–Trinajstić information content (AvgIpc) is 2.41. The Balaban J connectivity index is 2.35. The highest BCUT2D eigenvalue weighted by Gasteiger charge is 2.16. The standard InChI is InChI=1S/C14H14N2O4S/c1-9-3-4-12(7-10(9)2)21(19,20)16-11-5-6-15-13(8-11)14(17)18/h3-8H,1-2H3,(H,15,16)(H,17,18). The number of hydrogen-bond acceptors (Lipinski definition) is 4. The molecule has 110 valence electrons. The molecule has 6 nitrogen and oxygen atoms in total. The topological polar surface area (TPSA) is 96.4 Å². The highest BCUT2D eigenvalue weighted by atomic mass is 32.2. The van der Waals surface area contributed by atoms with Crippen molar-refractivity contribution in [2.24, 2.45) is 0 Å². The zero-order chi connectivity index (χ0) is 15.6. The monoisotopic (exact) mass is 306 g/mol. The normalized spacial score (nSPS) is 11.1. The number of sulfonamides is 1. The molecular weight excluding hydrogens is 292 g/mol. The van der Waals surface area contributed by atoms with E-state index in [9.17, 15) is 13.2 Å². The van der Waals surface area contributed by atoms with Crippen LogP contribution >= 0.6 is 0 Å². The van der Waals surface area contributed by atoms with Crippen molar-refractivity contribution < 1.29 is 18.3 Å². The maximum Gasteiger partial charge on any atom is 0.354 e. The van der Waals surface area contributed by atoms with Crippen LogP contribution in [0.3, 0.4) is 0 Å². The minimum absolute atomic E-state index is 0.124. The van der Waals surface area contributed by atoms with E-state index < -0.39 is 16.0 Å². The number of nitrogens with zero attached hydrogens (tertiary/aromatic N) is 1. The zero-order valence-electron chi connectivity index (χ0n) is 11.5. The van der Waals surface area contributed by atoms with Gasteiger partial charge in [0.25, 0.3) is 10.0 Å². The van der Waals surface area contributed by atoms with Crippen molar-refractivity contribution in [1.29, 1.82) is 0 Å². The molecule has 0 fully saturated rings. The Kier molecular flexibility index (Phi) is 3.95. The van der Waals surface area contributed by atoms with Gasteiger partial charge >= 0.3 is 5.97 Å². The predicted octanol–water partition coefficient (Wildman–Crippen LogP) is 2.20. The second-order valence-electron chi connectivity index (χ2n) is 4.59. The van der Waals surface area contributed by atoms with Crippen molar-refractivity contribution in [2.45, 2.75) is 18.7 Å². The molecule has 0 spiro atoms. The third-order valence-electron chi connectivity index (χ3n) is 3.02. The highest BCUT2D eigenvalue weighted by molar-refractivity contribution is 7.92. The van der Waals surface area contributed by atoms with Gasteiger partial charge in [0, 0.05) is 6.20 Å². The molecule has 2 N–H and O–H groups in total. The molecule has 0 aliphatic carbocycles. The smallest absolute Gasteiger partial charge is 0.354 e. The summed E-state index contributed by atoms with van der Waals surface area (Å²) in [5.41, 5.74) is 1.78. The Morgan fingerprint density at radius 2 is 1.86 bits per heavy atom. The first kappa shape index (κ1) is 15.0. The summed E-state index contributed by atoms with van der Waals surface area (Å²) < 4.78 is 26.9. The van der Waals surface area contributed by atoms with Gasteiger partial charge in [-0.1, -0.05) is 6.07 Å². The van der Waals surface area contributed by atoms with Crippen LogP contribution < -0.4 is 4.72 Å². The lowest BCUT2D eigenvalue weighted by Crippen LogP contribution is -2.14. The van der Waals surface area contributed by atoms with Gasteiger partial charge in [0.05, 0.1) is 10.6 Å². The number of carboxylic acids is 1. The van der Waals surface area contributed by atoms with Gasteiger partial charge in [0.15, 0.2) is 0 Å². The molecule has 21 heavy (non-hydrogen) atoms. The Morgan fingerprint density at radius 1 is 1.14 bits per heavy atom. The van der Waals surface area contributed by atoms with Crippen LogP contribution in [0, 0.1) is 13.8 Å². The van der Waals surface area contributed by atoms with E-state index in [1.807, 2.05) is 13.8 Å². The van der Waals surface area contributed by atoms with Crippen molar-refractivity contribution in [3.05, 3.63) is 53.3 Å². The number of aromatic nitrogens is 1. The van der Waals surface area contributed by atoms with E-state index in [-0.39, 0.29) is 16.3 Å². The van der Waals surface area contributed by atoms with Crippen LogP contribution in [0.2, 0.25) is 0 Å². The maximum atomic E-state index is 12.3. The molecule has 1 heterocycles. The van der Waals surface area contributed by atoms with Crippen LogP contribution in [0.15, 0.2) is 41.4 Å². The van der Waals surface area contributed by atoms with Gasteiger partial charge in [-0.3, -0.25) is 4.72 Å². The van der Waals surface area contributed by atoms with Gasteiger partial charge in [-0.15, -0.1) is 0 Å². The summed E-state index contributed by atoms with van der Waals surface area (Å²) in [6, 6.07) is 7.35. The summed E-state index contributed by atoms with van der Waals surface area (Å²) in [4.78, 5) is 14.6. The molecule has 1 aromatic heterocycles. The van der Waals surface area contributed by atoms with Gasteiger partial charge in [-0.25, -0.2) is 18.2 Å². The molecular formula is C14H14N2O4S. The third-order valence-corrected chi connectivity index (χ3v) is 4.40. The lowest BCUT2D eigenvalue weighted by molar-refractivity contribution is 0.0690. The van der Waals surface area contributed by atoms with E-state index in [1.165, 1.54) is 24.4 Å². The molecule has 0 aliphatic rings. The third kappa shape index (κ3) is 3.38. The minimum Gasteiger partial charge on any atom is -0.477 e. The number of hydrogen-bond donors (Lipinski definition) is 2. The van der Waals surface area contributed by atoms with Crippen molar-refractivity contribution >= 4 is 21.7 Å². The SMILES string of the molecule is Cc1ccc(S(=O)(=O)Nc2ccnc(C(=O)O)c2)cc1C. The summed E-state index contributed by atoms with van der Waals surface area (Å²) in [7, 11) is -3.77. The van der Waals surface area contributed by atoms with Crippen LogP contribution in [-0.2, 0) is 10.0 Å². The molecule has 0 unspecified atom stereocenters. The fourth-order valence-electron chi connectivity index (χ4n) is 1.71. The molecule has 0 aliphatic heterocycles. The number of anilines is 1. The lowest BCUT2D eigenvalue weighted by atomic mass is 10.1. The van der Waals surface area contributed by atoms with Gasteiger partial charge < -0.3 is 5.11 Å². The average molecular weight is 306 g/mol. The molecule has 0 bridgehead atoms. The first-order chi connectivity index (χ1) is 9.79. The van der Waals surface area contributed by atoms with Crippen LogP contribution in [-0.4, -0.2) is 24.5 Å². The molecule has 0 saturated heterocycles. The maximum absolute atomic E-state index is 12.3. The van der Waals surface area contributed by atoms with E-state index >= 15 is 0 Å². The van der Waals surface area contributed by atoms with Crippen LogP contribution in [0.1, 0.15) is 21.6 Å². The second kappa shape index (κ2) is 5.53. The molecule has 7 heteroatoms. The summed E-state index contributed by atoms with van der Waals surface area (Å²) in [6.07, 6.45) is 1.24. The van der Waals surface area contributed by atoms with E-state index in [2.05, 4.69) is 9.71 Å². The second-order valence-corrected chi connectivity index (χ2v) is 6.27. The molecule has 0 amide bonds. The number of aromatic carboxylic acids is 1. The number of aryl methyl sites for hydroxylation is 2. The summed E-state index contributed by atoms with van der Waals surface area (Å²) in [5.74, 6) is -1.22. The Labute approximate surface area is 122 Å². The minimum atomic E-state index is -3.77. The van der Waals surface area contributed by atoms with Gasteiger partial charge in [0.1, 0.15) is 5.69 Å². The van der Waals surface area contributed by atoms with E-state index in [0.29, 0.717) is 0 Å². The molecule has 0 atom stereocenters. The van der Waals surface area contributed by atoms with Crippen molar-refractivity contribution in [3.63, 3.8) is 0 Å². The zero-order valence-corrected chi connectivity index (χ0v) is 12.3. The predicted molar refractivity (Wildman–Crippen MR) is 77.9 cm³/mol. The Bertz CT molecular complexity index is 800. The van der Waals surface area contributed by atoms with Gasteiger partial charge in [-0.2, -0.15) is 0 Å². The van der Waals surface area contributed by atoms with E-state index in [0.717, 1.165) is 11.1 Å². The van der Waals surface area contributed by atoms with E-state index in [1.54, 1.807) is 12.1 Å². The van der Waals surface area contributed by atoms with Crippen LogP contribution in [0.4, 0.5) is 5.69 Å². The fourth-order valence-corrected chi connectivity index (χ4v) is 2.84. The van der Waals surface area contributed by atoms with Crippen LogP contribution in [0.5, 0.6) is 0 Å². The first-order valence-corrected chi connectivity index (χ1v) is 7.57. The number of pyridine rings is 1.